The van der Waals surface area contributed by atoms with Gasteiger partial charge in [0.15, 0.2) is 0 Å². The summed E-state index contributed by atoms with van der Waals surface area (Å²) in [5.74, 6) is 0. The Morgan fingerprint density at radius 1 is 0.500 bits per heavy atom. The zero-order valence-corrected chi connectivity index (χ0v) is 30.0. The Labute approximate surface area is 264 Å². The smallest absolute Gasteiger partial charge is 0.302 e. The third kappa shape index (κ3) is 28.8. The molecule has 254 valence electrons. The lowest BCUT2D eigenvalue weighted by Crippen LogP contribution is -2.38. The van der Waals surface area contributed by atoms with Gasteiger partial charge in [0.2, 0.25) is 0 Å². The normalized spacial score (nSPS) is 14.0. The fourth-order valence-corrected chi connectivity index (χ4v) is 6.74. The highest BCUT2D eigenvalue weighted by Crippen LogP contribution is 2.46. The van der Waals surface area contributed by atoms with Crippen molar-refractivity contribution in [1.29, 1.82) is 0 Å². The first-order valence-electron chi connectivity index (χ1n) is 18.9. The highest BCUT2D eigenvalue weighted by atomic mass is 31.2. The van der Waals surface area contributed by atoms with Crippen molar-refractivity contribution < 1.29 is 18.5 Å². The summed E-state index contributed by atoms with van der Waals surface area (Å²) < 4.78 is 24.6. The van der Waals surface area contributed by atoms with E-state index >= 15 is 0 Å². The summed E-state index contributed by atoms with van der Waals surface area (Å²) in [6.07, 6.45) is 33.8. The maximum absolute atomic E-state index is 13.1. The van der Waals surface area contributed by atoms with Gasteiger partial charge in [-0.25, -0.2) is 4.57 Å². The Morgan fingerprint density at radius 2 is 0.833 bits per heavy atom. The quantitative estimate of drug-likeness (QED) is 0.0435. The summed E-state index contributed by atoms with van der Waals surface area (Å²) in [6, 6.07) is 0. The van der Waals surface area contributed by atoms with E-state index in [0.717, 1.165) is 58.0 Å². The molecule has 5 nitrogen and oxygen atoms in total. The molecule has 0 bridgehead atoms. The predicted octanol–water partition coefficient (Wildman–Crippen LogP) is 12.8. The molecule has 0 radical (unpaired) electrons. The van der Waals surface area contributed by atoms with Gasteiger partial charge in [0.05, 0.1) is 6.61 Å². The Morgan fingerprint density at radius 3 is 1.24 bits per heavy atom. The van der Waals surface area contributed by atoms with E-state index in [4.69, 9.17) is 9.05 Å². The van der Waals surface area contributed by atoms with Crippen molar-refractivity contribution in [3.63, 3.8) is 0 Å². The van der Waals surface area contributed by atoms with Crippen LogP contribution in [0.4, 0.5) is 0 Å². The molecule has 0 saturated heterocycles. The van der Waals surface area contributed by atoms with E-state index in [1.54, 1.807) is 0 Å². The van der Waals surface area contributed by atoms with Crippen LogP contribution in [0.15, 0.2) is 0 Å². The third-order valence-electron chi connectivity index (χ3n) is 8.57. The largest absolute Gasteiger partial charge is 0.473 e. The van der Waals surface area contributed by atoms with Gasteiger partial charge in [0.1, 0.15) is 6.23 Å². The number of hydrogen-bond donors (Lipinski definition) is 1. The molecular formula is C36H76NO4P. The number of hydrogen-bond acceptors (Lipinski definition) is 4. The summed E-state index contributed by atoms with van der Waals surface area (Å²) in [7, 11) is -4.09. The summed E-state index contributed by atoms with van der Waals surface area (Å²) in [5, 5.41) is 0. The Bertz CT molecular complexity index is 557. The summed E-state index contributed by atoms with van der Waals surface area (Å²) in [6.45, 7) is 11.2. The van der Waals surface area contributed by atoms with E-state index in [1.807, 2.05) is 0 Å². The van der Waals surface area contributed by atoms with Crippen molar-refractivity contribution >= 4 is 7.82 Å². The van der Waals surface area contributed by atoms with Gasteiger partial charge in [-0.05, 0) is 32.1 Å². The second-order valence-corrected chi connectivity index (χ2v) is 14.2. The lowest BCUT2D eigenvalue weighted by Gasteiger charge is -2.32. The Balaban J connectivity index is 5.02. The van der Waals surface area contributed by atoms with Crippen molar-refractivity contribution in [2.75, 3.05) is 19.7 Å². The third-order valence-corrected chi connectivity index (χ3v) is 9.59. The number of phosphoric acid groups is 1. The van der Waals surface area contributed by atoms with Crippen LogP contribution in [-0.4, -0.2) is 35.7 Å². The Hall–Kier alpha value is 0.0700. The SMILES string of the molecule is CCCCCCCCCCN(CCCCCCCCCC)C(CCCCCCC)OP(=O)(O)OCCCCCCCC. The van der Waals surface area contributed by atoms with Gasteiger partial charge in [-0.15, -0.1) is 0 Å². The molecule has 0 aromatic rings. The van der Waals surface area contributed by atoms with Gasteiger partial charge < -0.3 is 4.89 Å². The van der Waals surface area contributed by atoms with Crippen LogP contribution in [-0.2, 0) is 13.6 Å². The number of rotatable bonds is 35. The van der Waals surface area contributed by atoms with E-state index < -0.39 is 7.82 Å². The van der Waals surface area contributed by atoms with Gasteiger partial charge in [0, 0.05) is 13.1 Å². The van der Waals surface area contributed by atoms with Gasteiger partial charge in [-0.2, -0.15) is 0 Å². The fourth-order valence-electron chi connectivity index (χ4n) is 5.77. The van der Waals surface area contributed by atoms with Crippen molar-refractivity contribution in [1.82, 2.24) is 4.90 Å². The molecule has 0 aromatic heterocycles. The molecule has 0 heterocycles. The van der Waals surface area contributed by atoms with E-state index in [0.29, 0.717) is 6.61 Å². The molecule has 0 aliphatic carbocycles. The summed E-state index contributed by atoms with van der Waals surface area (Å²) in [4.78, 5) is 13.1. The molecule has 6 heteroatoms. The van der Waals surface area contributed by atoms with Crippen molar-refractivity contribution in [3.8, 4) is 0 Å². The van der Waals surface area contributed by atoms with E-state index in [9.17, 15) is 9.46 Å². The lowest BCUT2D eigenvalue weighted by atomic mass is 10.1. The van der Waals surface area contributed by atoms with Crippen molar-refractivity contribution in [3.05, 3.63) is 0 Å². The molecular weight excluding hydrogens is 541 g/mol. The van der Waals surface area contributed by atoms with Crippen LogP contribution in [0.2, 0.25) is 0 Å². The minimum atomic E-state index is -4.09. The average molecular weight is 618 g/mol. The van der Waals surface area contributed by atoms with Gasteiger partial charge >= 0.3 is 7.82 Å². The van der Waals surface area contributed by atoms with Crippen LogP contribution in [0.1, 0.15) is 207 Å². The lowest BCUT2D eigenvalue weighted by molar-refractivity contribution is -0.0135. The number of nitrogens with zero attached hydrogens (tertiary/aromatic N) is 1. The monoisotopic (exact) mass is 618 g/mol. The molecule has 2 atom stereocenters. The second-order valence-electron chi connectivity index (χ2n) is 12.8. The molecule has 0 amide bonds. The zero-order valence-electron chi connectivity index (χ0n) is 29.1. The molecule has 2 unspecified atom stereocenters. The molecule has 0 aliphatic rings. The molecule has 0 spiro atoms. The topological polar surface area (TPSA) is 59.0 Å². The van der Waals surface area contributed by atoms with E-state index in [-0.39, 0.29) is 6.23 Å². The van der Waals surface area contributed by atoms with Gasteiger partial charge in [-0.3, -0.25) is 13.9 Å². The number of unbranched alkanes of at least 4 members (excludes halogenated alkanes) is 23. The highest BCUT2D eigenvalue weighted by Gasteiger charge is 2.30. The second kappa shape index (κ2) is 32.5. The van der Waals surface area contributed by atoms with Crippen LogP contribution in [0.5, 0.6) is 0 Å². The highest BCUT2D eigenvalue weighted by molar-refractivity contribution is 7.47. The maximum atomic E-state index is 13.1. The minimum absolute atomic E-state index is 0.305. The first-order chi connectivity index (χ1) is 20.5. The molecule has 0 aromatic carbocycles. The average Bonchev–Trinajstić information content (AvgIpc) is 2.97. The van der Waals surface area contributed by atoms with Gasteiger partial charge in [0.25, 0.3) is 0 Å². The molecule has 0 fully saturated rings. The van der Waals surface area contributed by atoms with Crippen LogP contribution in [0.25, 0.3) is 0 Å². The van der Waals surface area contributed by atoms with Gasteiger partial charge in [-0.1, -0.05) is 175 Å². The summed E-state index contributed by atoms with van der Waals surface area (Å²) in [5.41, 5.74) is 0. The fraction of sp³-hybridized carbons (Fsp3) is 1.00. The minimum Gasteiger partial charge on any atom is -0.302 e. The van der Waals surface area contributed by atoms with E-state index in [2.05, 4.69) is 32.6 Å². The summed E-state index contributed by atoms with van der Waals surface area (Å²) >= 11 is 0. The molecule has 0 aliphatic heterocycles. The predicted molar refractivity (Wildman–Crippen MR) is 184 cm³/mol. The van der Waals surface area contributed by atoms with Crippen LogP contribution in [0.3, 0.4) is 0 Å². The standard InChI is InChI=1S/C36H76NO4P/c1-5-9-13-17-20-22-25-29-33-37(34-30-26-23-21-18-14-10-6-2)36(32-28-24-16-12-8-4)41-42(38,39)40-35-31-27-19-15-11-7-3/h36H,5-35H2,1-4H3,(H,38,39). The van der Waals surface area contributed by atoms with Crippen molar-refractivity contribution in [2.45, 2.75) is 214 Å². The number of phosphoric ester groups is 1. The van der Waals surface area contributed by atoms with Crippen molar-refractivity contribution in [2.24, 2.45) is 0 Å². The molecule has 1 N–H and O–H groups in total. The first kappa shape index (κ1) is 42.1. The van der Waals surface area contributed by atoms with Crippen LogP contribution >= 0.6 is 7.82 Å². The van der Waals surface area contributed by atoms with E-state index in [1.165, 1.54) is 135 Å². The zero-order chi connectivity index (χ0) is 31.0. The maximum Gasteiger partial charge on any atom is 0.473 e. The van der Waals surface area contributed by atoms with Crippen LogP contribution in [0, 0.1) is 0 Å². The molecule has 0 rings (SSSR count). The molecule has 42 heavy (non-hydrogen) atoms. The molecule has 0 saturated carbocycles. The Kier molecular flexibility index (Phi) is 32.5. The van der Waals surface area contributed by atoms with Crippen LogP contribution < -0.4 is 0 Å². The first-order valence-corrected chi connectivity index (χ1v) is 20.4.